The second-order valence-electron chi connectivity index (χ2n) is 5.26. The number of rotatable bonds is 7. The van der Waals surface area contributed by atoms with E-state index in [1.807, 2.05) is 44.4 Å². The van der Waals surface area contributed by atoms with Crippen LogP contribution in [0.3, 0.4) is 0 Å². The van der Waals surface area contributed by atoms with Crippen LogP contribution in [0, 0.1) is 0 Å². The predicted molar refractivity (Wildman–Crippen MR) is 95.3 cm³/mol. The molecule has 7 nitrogen and oxygen atoms in total. The summed E-state index contributed by atoms with van der Waals surface area (Å²) in [5.41, 5.74) is 1.13. The zero-order valence-corrected chi connectivity index (χ0v) is 15.0. The Balaban J connectivity index is 2.16. The number of esters is 1. The Morgan fingerprint density at radius 1 is 1.25 bits per heavy atom. The van der Waals surface area contributed by atoms with E-state index in [1.165, 1.54) is 18.9 Å². The topological polar surface area (TPSA) is 80.2 Å². The van der Waals surface area contributed by atoms with Crippen LogP contribution in [0.15, 0.2) is 35.5 Å². The highest BCUT2D eigenvalue weighted by molar-refractivity contribution is 8.00. The van der Waals surface area contributed by atoms with E-state index >= 15 is 0 Å². The van der Waals surface area contributed by atoms with Crippen molar-refractivity contribution in [3.63, 3.8) is 0 Å². The minimum absolute atomic E-state index is 0.314. The zero-order valence-electron chi connectivity index (χ0n) is 14.2. The molecule has 0 saturated carbocycles. The molecule has 0 aliphatic rings. The summed E-state index contributed by atoms with van der Waals surface area (Å²) in [7, 11) is 5.08. The molecule has 0 amide bonds. The van der Waals surface area contributed by atoms with Crippen LogP contribution in [-0.2, 0) is 16.1 Å². The largest absolute Gasteiger partial charge is 0.468 e. The highest BCUT2D eigenvalue weighted by Crippen LogP contribution is 2.23. The molecule has 0 aliphatic heterocycles. The Kier molecular flexibility index (Phi) is 6.36. The standard InChI is InChI=1S/C16H21N5O2S/c1-11(13(22)23-4)24-16-19-14(18-15(20-16)21(2)3)17-10-12-8-6-5-7-9-12/h5-9,11H,10H2,1-4H3,(H,17,18,19,20)/t11-/m1/s1. The quantitative estimate of drug-likeness (QED) is 0.603. The maximum absolute atomic E-state index is 11.6. The average molecular weight is 347 g/mol. The maximum atomic E-state index is 11.6. The highest BCUT2D eigenvalue weighted by Gasteiger charge is 2.18. The van der Waals surface area contributed by atoms with Crippen molar-refractivity contribution in [3.8, 4) is 0 Å². The lowest BCUT2D eigenvalue weighted by Crippen LogP contribution is -2.18. The van der Waals surface area contributed by atoms with E-state index in [9.17, 15) is 4.79 Å². The Hall–Kier alpha value is -2.35. The summed E-state index contributed by atoms with van der Waals surface area (Å²) in [5.74, 6) is 0.683. The summed E-state index contributed by atoms with van der Waals surface area (Å²) in [6.07, 6.45) is 0. The molecule has 1 aromatic carbocycles. The summed E-state index contributed by atoms with van der Waals surface area (Å²) >= 11 is 1.24. The number of carbonyl (C=O) groups is 1. The maximum Gasteiger partial charge on any atom is 0.318 e. The molecule has 0 bridgehead atoms. The second kappa shape index (κ2) is 8.49. The van der Waals surface area contributed by atoms with E-state index in [-0.39, 0.29) is 5.97 Å². The number of carbonyl (C=O) groups excluding carboxylic acids is 1. The van der Waals surface area contributed by atoms with Gasteiger partial charge < -0.3 is 15.0 Å². The van der Waals surface area contributed by atoms with Gasteiger partial charge in [0.2, 0.25) is 11.9 Å². The third-order valence-electron chi connectivity index (χ3n) is 3.11. The third kappa shape index (κ3) is 5.09. The number of thioether (sulfide) groups is 1. The third-order valence-corrected chi connectivity index (χ3v) is 4.05. The van der Waals surface area contributed by atoms with Gasteiger partial charge in [-0.15, -0.1) is 0 Å². The van der Waals surface area contributed by atoms with Crippen molar-refractivity contribution < 1.29 is 9.53 Å². The number of hydrogen-bond donors (Lipinski definition) is 1. The molecule has 0 aliphatic carbocycles. The molecule has 2 aromatic rings. The highest BCUT2D eigenvalue weighted by atomic mass is 32.2. The van der Waals surface area contributed by atoms with Gasteiger partial charge in [-0.25, -0.2) is 0 Å². The van der Waals surface area contributed by atoms with Gasteiger partial charge in [0.1, 0.15) is 5.25 Å². The van der Waals surface area contributed by atoms with Crippen molar-refractivity contribution in [1.82, 2.24) is 15.0 Å². The van der Waals surface area contributed by atoms with Crippen LogP contribution in [0.4, 0.5) is 11.9 Å². The SMILES string of the molecule is COC(=O)[C@@H](C)Sc1nc(NCc2ccccc2)nc(N(C)C)n1. The fourth-order valence-corrected chi connectivity index (χ4v) is 2.61. The molecule has 128 valence electrons. The number of nitrogens with one attached hydrogen (secondary N) is 1. The molecule has 1 heterocycles. The van der Waals surface area contributed by atoms with E-state index in [4.69, 9.17) is 4.74 Å². The van der Waals surface area contributed by atoms with Crippen LogP contribution in [0.5, 0.6) is 0 Å². The molecular weight excluding hydrogens is 326 g/mol. The second-order valence-corrected chi connectivity index (χ2v) is 6.57. The Morgan fingerprint density at radius 3 is 2.58 bits per heavy atom. The molecule has 1 N–H and O–H groups in total. The summed E-state index contributed by atoms with van der Waals surface area (Å²) in [6.45, 7) is 2.36. The number of hydrogen-bond acceptors (Lipinski definition) is 8. The molecule has 8 heteroatoms. The lowest BCUT2D eigenvalue weighted by atomic mass is 10.2. The summed E-state index contributed by atoms with van der Waals surface area (Å²) in [5, 5.41) is 3.27. The molecule has 1 atom stereocenters. The normalized spacial score (nSPS) is 11.7. The van der Waals surface area contributed by atoms with Gasteiger partial charge in [-0.2, -0.15) is 15.0 Å². The van der Waals surface area contributed by atoms with Gasteiger partial charge in [-0.3, -0.25) is 4.79 Å². The molecule has 0 saturated heterocycles. The van der Waals surface area contributed by atoms with Gasteiger partial charge in [0.15, 0.2) is 5.16 Å². The van der Waals surface area contributed by atoms with Crippen LogP contribution in [0.2, 0.25) is 0 Å². The van der Waals surface area contributed by atoms with Gasteiger partial charge in [-0.1, -0.05) is 42.1 Å². The minimum Gasteiger partial charge on any atom is -0.468 e. The molecule has 2 rings (SSSR count). The van der Waals surface area contributed by atoms with Crippen molar-refractivity contribution >= 4 is 29.6 Å². The first-order chi connectivity index (χ1) is 11.5. The summed E-state index contributed by atoms with van der Waals surface area (Å²) in [4.78, 5) is 26.5. The fraction of sp³-hybridized carbons (Fsp3) is 0.375. The van der Waals surface area contributed by atoms with Gasteiger partial charge in [-0.05, 0) is 12.5 Å². The van der Waals surface area contributed by atoms with Gasteiger partial charge >= 0.3 is 5.97 Å². The fourth-order valence-electron chi connectivity index (χ4n) is 1.83. The zero-order chi connectivity index (χ0) is 17.5. The number of nitrogens with zero attached hydrogens (tertiary/aromatic N) is 4. The van der Waals surface area contributed by atoms with E-state index in [0.717, 1.165) is 5.56 Å². The van der Waals surface area contributed by atoms with Crippen LogP contribution in [0.25, 0.3) is 0 Å². The van der Waals surface area contributed by atoms with Gasteiger partial charge in [0, 0.05) is 20.6 Å². The Morgan fingerprint density at radius 2 is 1.96 bits per heavy atom. The lowest BCUT2D eigenvalue weighted by molar-refractivity contribution is -0.139. The molecule has 0 spiro atoms. The molecular formula is C16H21N5O2S. The minimum atomic E-state index is -0.394. The first kappa shape index (κ1) is 18.0. The average Bonchev–Trinajstić information content (AvgIpc) is 2.59. The van der Waals surface area contributed by atoms with E-state index in [2.05, 4.69) is 20.3 Å². The molecule has 0 radical (unpaired) electrons. The Labute approximate surface area is 145 Å². The van der Waals surface area contributed by atoms with E-state index in [1.54, 1.807) is 11.8 Å². The lowest BCUT2D eigenvalue weighted by Gasteiger charge is -2.14. The molecule has 0 unspecified atom stereocenters. The first-order valence-electron chi connectivity index (χ1n) is 7.45. The van der Waals surface area contributed by atoms with Crippen molar-refractivity contribution in [2.75, 3.05) is 31.4 Å². The van der Waals surface area contributed by atoms with Crippen LogP contribution >= 0.6 is 11.8 Å². The van der Waals surface area contributed by atoms with Gasteiger partial charge in [0.05, 0.1) is 7.11 Å². The smallest absolute Gasteiger partial charge is 0.318 e. The number of aromatic nitrogens is 3. The summed E-state index contributed by atoms with van der Waals surface area (Å²) in [6, 6.07) is 9.98. The summed E-state index contributed by atoms with van der Waals surface area (Å²) < 4.78 is 4.74. The van der Waals surface area contributed by atoms with Crippen molar-refractivity contribution in [3.05, 3.63) is 35.9 Å². The molecule has 0 fully saturated rings. The number of methoxy groups -OCH3 is 1. The number of benzene rings is 1. The van der Waals surface area contributed by atoms with E-state index < -0.39 is 5.25 Å². The molecule has 1 aromatic heterocycles. The van der Waals surface area contributed by atoms with Crippen molar-refractivity contribution in [2.24, 2.45) is 0 Å². The van der Waals surface area contributed by atoms with Crippen LogP contribution in [0.1, 0.15) is 12.5 Å². The van der Waals surface area contributed by atoms with Crippen molar-refractivity contribution in [1.29, 1.82) is 0 Å². The van der Waals surface area contributed by atoms with Gasteiger partial charge in [0.25, 0.3) is 0 Å². The van der Waals surface area contributed by atoms with Crippen LogP contribution in [-0.4, -0.2) is 47.4 Å². The predicted octanol–water partition coefficient (Wildman–Crippen LogP) is 2.20. The van der Waals surface area contributed by atoms with Crippen LogP contribution < -0.4 is 10.2 Å². The van der Waals surface area contributed by atoms with E-state index in [0.29, 0.717) is 23.6 Å². The number of anilines is 2. The monoisotopic (exact) mass is 347 g/mol. The first-order valence-corrected chi connectivity index (χ1v) is 8.33. The Bertz CT molecular complexity index is 681. The van der Waals surface area contributed by atoms with Crippen molar-refractivity contribution in [2.45, 2.75) is 23.9 Å². The number of ether oxygens (including phenoxy) is 1. The molecule has 24 heavy (non-hydrogen) atoms.